The van der Waals surface area contributed by atoms with Crippen molar-refractivity contribution < 1.29 is 25.2 Å². The lowest BCUT2D eigenvalue weighted by molar-refractivity contribution is -0.315. The van der Waals surface area contributed by atoms with Crippen molar-refractivity contribution in [2.75, 3.05) is 0 Å². The predicted molar refractivity (Wildman–Crippen MR) is 109 cm³/mol. The highest BCUT2D eigenvalue weighted by Crippen LogP contribution is 2.14. The quantitative estimate of drug-likeness (QED) is 0.128. The Morgan fingerprint density at radius 3 is 1.59 bits per heavy atom. The molecule has 0 bridgehead atoms. The summed E-state index contributed by atoms with van der Waals surface area (Å²) in [6.07, 6.45) is 26.4. The molecule has 0 radical (unpaired) electrons. The number of carbonyl (C=O) groups is 1. The van der Waals surface area contributed by atoms with Crippen molar-refractivity contribution in [3.8, 4) is 0 Å². The van der Waals surface area contributed by atoms with Crippen LogP contribution in [0.3, 0.4) is 0 Å². The summed E-state index contributed by atoms with van der Waals surface area (Å²) in [6, 6.07) is 0. The van der Waals surface area contributed by atoms with Gasteiger partial charge in [0.25, 0.3) is 5.97 Å². The molecule has 0 rings (SSSR count). The van der Waals surface area contributed by atoms with Crippen LogP contribution in [0.25, 0.3) is 0 Å². The molecule has 0 aromatic rings. The van der Waals surface area contributed by atoms with Crippen LogP contribution in [0.15, 0.2) is 48.6 Å². The summed E-state index contributed by atoms with van der Waals surface area (Å²) < 4.78 is 0. The van der Waals surface area contributed by atoms with Gasteiger partial charge in [-0.25, -0.2) is 4.79 Å². The van der Waals surface area contributed by atoms with Gasteiger partial charge in [-0.1, -0.05) is 93.9 Å². The first kappa shape index (κ1) is 25.3. The monoisotopic (exact) mass is 380 g/mol. The Labute approximate surface area is 163 Å². The van der Waals surface area contributed by atoms with Gasteiger partial charge < -0.3 is 20.4 Å². The summed E-state index contributed by atoms with van der Waals surface area (Å²) in [7, 11) is 0. The molecule has 27 heavy (non-hydrogen) atoms. The van der Waals surface area contributed by atoms with E-state index in [-0.39, 0.29) is 6.42 Å². The molecule has 0 aliphatic carbocycles. The van der Waals surface area contributed by atoms with E-state index in [9.17, 15) is 4.79 Å². The zero-order valence-electron chi connectivity index (χ0n) is 16.3. The molecule has 4 N–H and O–H groups in total. The Hall–Kier alpha value is -1.69. The minimum absolute atomic E-state index is 0.0259. The average Bonchev–Trinajstić information content (AvgIpc) is 2.58. The van der Waals surface area contributed by atoms with Crippen molar-refractivity contribution in [3.05, 3.63) is 48.6 Å². The van der Waals surface area contributed by atoms with Gasteiger partial charge in [-0.3, -0.25) is 0 Å². The summed E-state index contributed by atoms with van der Waals surface area (Å²) in [4.78, 5) is 10.2. The highest BCUT2D eigenvalue weighted by molar-refractivity contribution is 5.80. The molecule has 5 heteroatoms. The number of aliphatic hydroxyl groups is 3. The zero-order chi connectivity index (χ0) is 20.2. The molecule has 0 atom stereocenters. The van der Waals surface area contributed by atoms with E-state index in [1.54, 1.807) is 12.2 Å². The van der Waals surface area contributed by atoms with E-state index >= 15 is 0 Å². The predicted octanol–water partition coefficient (Wildman–Crippen LogP) is 4.61. The molecule has 0 saturated carbocycles. The van der Waals surface area contributed by atoms with Crippen LogP contribution >= 0.6 is 0 Å². The lowest BCUT2D eigenvalue weighted by Crippen LogP contribution is -2.26. The maximum Gasteiger partial charge on any atom is 0.328 e. The summed E-state index contributed by atoms with van der Waals surface area (Å²) in [6.45, 7) is 0. The molecule has 0 aliphatic heterocycles. The zero-order valence-corrected chi connectivity index (χ0v) is 16.3. The van der Waals surface area contributed by atoms with E-state index in [4.69, 9.17) is 20.4 Å². The second-order valence-electron chi connectivity index (χ2n) is 6.74. The SMILES string of the molecule is O=C(O)C=CC=CC=CC=CCCCCCCCCCCCCC(O)(O)O. The smallest absolute Gasteiger partial charge is 0.328 e. The third-order valence-corrected chi connectivity index (χ3v) is 4.06. The molecule has 0 fully saturated rings. The van der Waals surface area contributed by atoms with E-state index in [2.05, 4.69) is 6.08 Å². The van der Waals surface area contributed by atoms with Crippen molar-refractivity contribution >= 4 is 5.97 Å². The van der Waals surface area contributed by atoms with Crippen LogP contribution in [0.2, 0.25) is 0 Å². The molecule has 0 unspecified atom stereocenters. The van der Waals surface area contributed by atoms with Gasteiger partial charge in [-0.05, 0) is 19.3 Å². The Balaban J connectivity index is 3.32. The number of carboxylic acids is 1. The number of hydrogen-bond acceptors (Lipinski definition) is 4. The van der Waals surface area contributed by atoms with Crippen LogP contribution in [0.4, 0.5) is 0 Å². The summed E-state index contributed by atoms with van der Waals surface area (Å²) in [5.74, 6) is -3.44. The minimum Gasteiger partial charge on any atom is -0.478 e. The molecule has 0 aliphatic rings. The van der Waals surface area contributed by atoms with Crippen molar-refractivity contribution in [1.29, 1.82) is 0 Å². The number of allylic oxidation sites excluding steroid dienone is 7. The lowest BCUT2D eigenvalue weighted by atomic mass is 10.0. The van der Waals surface area contributed by atoms with Crippen molar-refractivity contribution in [2.45, 2.75) is 83.0 Å². The fourth-order valence-corrected chi connectivity index (χ4v) is 2.61. The molecular formula is C22H36O5. The van der Waals surface area contributed by atoms with Crippen molar-refractivity contribution in [1.82, 2.24) is 0 Å². The third kappa shape index (κ3) is 24.3. The van der Waals surface area contributed by atoms with Gasteiger partial charge in [0.2, 0.25) is 0 Å². The molecule has 0 aromatic heterocycles. The molecule has 0 amide bonds. The highest BCUT2D eigenvalue weighted by Gasteiger charge is 2.16. The van der Waals surface area contributed by atoms with Gasteiger partial charge in [0, 0.05) is 12.5 Å². The summed E-state index contributed by atoms with van der Waals surface area (Å²) in [5, 5.41) is 34.7. The molecule has 5 nitrogen and oxygen atoms in total. The largest absolute Gasteiger partial charge is 0.478 e. The van der Waals surface area contributed by atoms with Crippen LogP contribution in [0.1, 0.15) is 77.0 Å². The van der Waals surface area contributed by atoms with Crippen LogP contribution < -0.4 is 0 Å². The van der Waals surface area contributed by atoms with E-state index in [0.717, 1.165) is 25.3 Å². The summed E-state index contributed by atoms with van der Waals surface area (Å²) >= 11 is 0. The number of carboxylic acid groups (broad SMARTS) is 1. The molecule has 0 spiro atoms. The maximum absolute atomic E-state index is 10.2. The van der Waals surface area contributed by atoms with Crippen molar-refractivity contribution in [3.63, 3.8) is 0 Å². The Morgan fingerprint density at radius 2 is 1.07 bits per heavy atom. The molecular weight excluding hydrogens is 344 g/mol. The van der Waals surface area contributed by atoms with Gasteiger partial charge in [0.1, 0.15) is 0 Å². The maximum atomic E-state index is 10.2. The van der Waals surface area contributed by atoms with Gasteiger partial charge in [0.05, 0.1) is 0 Å². The van der Waals surface area contributed by atoms with Gasteiger partial charge in [-0.15, -0.1) is 0 Å². The van der Waals surface area contributed by atoms with Crippen LogP contribution in [0, 0.1) is 0 Å². The fraction of sp³-hybridized carbons (Fsp3) is 0.591. The Bertz CT molecular complexity index is 470. The molecule has 0 heterocycles. The highest BCUT2D eigenvalue weighted by atomic mass is 16.7. The summed E-state index contributed by atoms with van der Waals surface area (Å²) in [5.41, 5.74) is 0. The van der Waals surface area contributed by atoms with Crippen LogP contribution in [-0.2, 0) is 4.79 Å². The fourth-order valence-electron chi connectivity index (χ4n) is 2.61. The first-order valence-corrected chi connectivity index (χ1v) is 9.98. The first-order valence-electron chi connectivity index (χ1n) is 9.98. The van der Waals surface area contributed by atoms with E-state index in [0.29, 0.717) is 6.42 Å². The van der Waals surface area contributed by atoms with Crippen LogP contribution in [-0.4, -0.2) is 32.4 Å². The van der Waals surface area contributed by atoms with Crippen LogP contribution in [0.5, 0.6) is 0 Å². The Kier molecular flexibility index (Phi) is 16.6. The number of hydrogen-bond donors (Lipinski definition) is 4. The van der Waals surface area contributed by atoms with E-state index in [1.165, 1.54) is 51.0 Å². The average molecular weight is 381 g/mol. The molecule has 0 aromatic carbocycles. The lowest BCUT2D eigenvalue weighted by Gasteiger charge is -2.12. The minimum atomic E-state index is -2.50. The van der Waals surface area contributed by atoms with E-state index < -0.39 is 11.9 Å². The van der Waals surface area contributed by atoms with Gasteiger partial charge in [0.15, 0.2) is 0 Å². The van der Waals surface area contributed by atoms with Gasteiger partial charge >= 0.3 is 5.97 Å². The molecule has 0 saturated heterocycles. The first-order chi connectivity index (χ1) is 12.9. The number of aliphatic carboxylic acids is 1. The van der Waals surface area contributed by atoms with E-state index in [1.807, 2.05) is 18.2 Å². The van der Waals surface area contributed by atoms with Crippen molar-refractivity contribution in [2.24, 2.45) is 0 Å². The third-order valence-electron chi connectivity index (χ3n) is 4.06. The van der Waals surface area contributed by atoms with Gasteiger partial charge in [-0.2, -0.15) is 0 Å². The number of rotatable bonds is 17. The second-order valence-corrected chi connectivity index (χ2v) is 6.74. The standard InChI is InChI=1S/C22H36O5/c23-21(24)19-17-15-13-11-9-7-5-3-1-2-4-6-8-10-12-14-16-18-20-22(25,26)27/h5,7,9,11,13,15,17,19,25-27H,1-4,6,8,10,12,14,16,18,20H2,(H,23,24). The topological polar surface area (TPSA) is 98.0 Å². The number of unbranched alkanes of at least 4 members (excludes halogenated alkanes) is 10. The second kappa shape index (κ2) is 17.7. The Morgan fingerprint density at radius 1 is 0.630 bits per heavy atom. The molecule has 154 valence electrons. The normalized spacial score (nSPS) is 13.0.